The van der Waals surface area contributed by atoms with Gasteiger partial charge in [-0.15, -0.1) is 0 Å². The van der Waals surface area contributed by atoms with E-state index in [0.717, 1.165) is 23.2 Å². The molecule has 0 aromatic carbocycles. The first kappa shape index (κ1) is 8.91. The van der Waals surface area contributed by atoms with Gasteiger partial charge in [-0.05, 0) is 31.9 Å². The summed E-state index contributed by atoms with van der Waals surface area (Å²) in [6, 6.07) is 1.95. The van der Waals surface area contributed by atoms with E-state index < -0.39 is 0 Å². The SMILES string of the molecule is CCC(=N)c1c(C)ccnc1C. The molecule has 0 saturated carbocycles. The lowest BCUT2D eigenvalue weighted by Gasteiger charge is -2.07. The zero-order valence-corrected chi connectivity index (χ0v) is 7.81. The van der Waals surface area contributed by atoms with Crippen LogP contribution < -0.4 is 0 Å². The molecule has 12 heavy (non-hydrogen) atoms. The summed E-state index contributed by atoms with van der Waals surface area (Å²) in [5.74, 6) is 0. The van der Waals surface area contributed by atoms with Crippen LogP contribution in [0.2, 0.25) is 0 Å². The molecule has 0 bridgehead atoms. The highest BCUT2D eigenvalue weighted by Gasteiger charge is 2.06. The van der Waals surface area contributed by atoms with E-state index in [1.165, 1.54) is 0 Å². The molecule has 1 rings (SSSR count). The Kier molecular flexibility index (Phi) is 2.58. The zero-order valence-electron chi connectivity index (χ0n) is 7.81. The van der Waals surface area contributed by atoms with Crippen LogP contribution in [-0.4, -0.2) is 10.7 Å². The molecule has 64 valence electrons. The Labute approximate surface area is 73.2 Å². The number of hydrogen-bond acceptors (Lipinski definition) is 2. The van der Waals surface area contributed by atoms with Gasteiger partial charge >= 0.3 is 0 Å². The van der Waals surface area contributed by atoms with Gasteiger partial charge < -0.3 is 5.41 Å². The molecule has 1 heterocycles. The molecular formula is C10H14N2. The molecule has 0 aliphatic heterocycles. The molecule has 0 saturated heterocycles. The summed E-state index contributed by atoms with van der Waals surface area (Å²) in [5.41, 5.74) is 3.80. The van der Waals surface area contributed by atoms with Gasteiger partial charge in [0.05, 0.1) is 0 Å². The van der Waals surface area contributed by atoms with Crippen LogP contribution in [0.25, 0.3) is 0 Å². The van der Waals surface area contributed by atoms with E-state index in [4.69, 9.17) is 5.41 Å². The number of pyridine rings is 1. The molecule has 0 spiro atoms. The smallest absolute Gasteiger partial charge is 0.0465 e. The van der Waals surface area contributed by atoms with Gasteiger partial charge in [0.15, 0.2) is 0 Å². The predicted octanol–water partition coefficient (Wildman–Crippen LogP) is 2.48. The minimum atomic E-state index is 0.679. The van der Waals surface area contributed by atoms with Crippen LogP contribution in [0.5, 0.6) is 0 Å². The monoisotopic (exact) mass is 162 g/mol. The summed E-state index contributed by atoms with van der Waals surface area (Å²) in [7, 11) is 0. The number of rotatable bonds is 2. The average Bonchev–Trinajstić information content (AvgIpc) is 2.03. The van der Waals surface area contributed by atoms with Gasteiger partial charge in [-0.25, -0.2) is 0 Å². The Morgan fingerprint density at radius 3 is 2.67 bits per heavy atom. The minimum absolute atomic E-state index is 0.679. The standard InChI is InChI=1S/C10H14N2/c1-4-9(11)10-7(2)5-6-12-8(10)3/h5-6,11H,4H2,1-3H3. The molecular weight excluding hydrogens is 148 g/mol. The van der Waals surface area contributed by atoms with Gasteiger partial charge in [-0.3, -0.25) is 4.98 Å². The van der Waals surface area contributed by atoms with Gasteiger partial charge in [0, 0.05) is 23.2 Å². The molecule has 1 aromatic heterocycles. The summed E-state index contributed by atoms with van der Waals surface area (Å²) in [6.45, 7) is 5.97. The van der Waals surface area contributed by atoms with Crippen molar-refractivity contribution >= 4 is 5.71 Å². The van der Waals surface area contributed by atoms with E-state index in [1.54, 1.807) is 6.20 Å². The Morgan fingerprint density at radius 1 is 1.50 bits per heavy atom. The van der Waals surface area contributed by atoms with Crippen molar-refractivity contribution in [1.29, 1.82) is 5.41 Å². The van der Waals surface area contributed by atoms with E-state index in [1.807, 2.05) is 26.8 Å². The fourth-order valence-electron chi connectivity index (χ4n) is 1.33. The first-order valence-electron chi connectivity index (χ1n) is 4.16. The van der Waals surface area contributed by atoms with Crippen molar-refractivity contribution in [3.8, 4) is 0 Å². The zero-order chi connectivity index (χ0) is 9.14. The van der Waals surface area contributed by atoms with E-state index in [0.29, 0.717) is 5.71 Å². The third-order valence-electron chi connectivity index (χ3n) is 2.00. The van der Waals surface area contributed by atoms with E-state index >= 15 is 0 Å². The topological polar surface area (TPSA) is 36.7 Å². The number of aromatic nitrogens is 1. The fourth-order valence-corrected chi connectivity index (χ4v) is 1.33. The number of nitrogens with zero attached hydrogens (tertiary/aromatic N) is 1. The third kappa shape index (κ3) is 1.52. The Hall–Kier alpha value is -1.18. The van der Waals surface area contributed by atoms with Crippen LogP contribution in [0, 0.1) is 19.3 Å². The number of nitrogens with one attached hydrogen (secondary N) is 1. The highest BCUT2D eigenvalue weighted by Crippen LogP contribution is 2.12. The molecule has 0 amide bonds. The van der Waals surface area contributed by atoms with Crippen molar-refractivity contribution in [2.24, 2.45) is 0 Å². The summed E-state index contributed by atoms with van der Waals surface area (Å²) < 4.78 is 0. The molecule has 0 aliphatic rings. The lowest BCUT2D eigenvalue weighted by molar-refractivity contribution is 1.13. The van der Waals surface area contributed by atoms with Gasteiger partial charge in [0.25, 0.3) is 0 Å². The quantitative estimate of drug-likeness (QED) is 0.666. The predicted molar refractivity (Wildman–Crippen MR) is 50.8 cm³/mol. The second kappa shape index (κ2) is 3.48. The molecule has 0 radical (unpaired) electrons. The molecule has 0 unspecified atom stereocenters. The molecule has 0 aliphatic carbocycles. The van der Waals surface area contributed by atoms with E-state index in [9.17, 15) is 0 Å². The van der Waals surface area contributed by atoms with Gasteiger partial charge in [0.2, 0.25) is 0 Å². The van der Waals surface area contributed by atoms with Crippen LogP contribution in [0.15, 0.2) is 12.3 Å². The van der Waals surface area contributed by atoms with Crippen molar-refractivity contribution in [3.05, 3.63) is 29.1 Å². The maximum absolute atomic E-state index is 7.72. The van der Waals surface area contributed by atoms with Crippen molar-refractivity contribution in [1.82, 2.24) is 4.98 Å². The van der Waals surface area contributed by atoms with Crippen molar-refractivity contribution in [2.75, 3.05) is 0 Å². The first-order chi connectivity index (χ1) is 5.66. The molecule has 0 fully saturated rings. The second-order valence-electron chi connectivity index (χ2n) is 2.92. The normalized spacial score (nSPS) is 9.92. The minimum Gasteiger partial charge on any atom is -0.305 e. The highest BCUT2D eigenvalue weighted by molar-refractivity contribution is 6.00. The molecule has 1 N–H and O–H groups in total. The third-order valence-corrected chi connectivity index (χ3v) is 2.00. The Balaban J connectivity index is 3.21. The fraction of sp³-hybridized carbons (Fsp3) is 0.400. The Morgan fingerprint density at radius 2 is 2.17 bits per heavy atom. The second-order valence-corrected chi connectivity index (χ2v) is 2.92. The van der Waals surface area contributed by atoms with E-state index in [-0.39, 0.29) is 0 Å². The van der Waals surface area contributed by atoms with Gasteiger partial charge in [0.1, 0.15) is 0 Å². The highest BCUT2D eigenvalue weighted by atomic mass is 14.7. The molecule has 2 nitrogen and oxygen atoms in total. The number of aryl methyl sites for hydroxylation is 2. The van der Waals surface area contributed by atoms with E-state index in [2.05, 4.69) is 4.98 Å². The Bertz CT molecular complexity index is 282. The van der Waals surface area contributed by atoms with Crippen LogP contribution in [0.4, 0.5) is 0 Å². The molecule has 0 atom stereocenters. The maximum Gasteiger partial charge on any atom is 0.0465 e. The van der Waals surface area contributed by atoms with Crippen LogP contribution in [-0.2, 0) is 0 Å². The first-order valence-corrected chi connectivity index (χ1v) is 4.16. The van der Waals surface area contributed by atoms with Crippen LogP contribution in [0.3, 0.4) is 0 Å². The lowest BCUT2D eigenvalue weighted by atomic mass is 10.0. The number of hydrogen-bond donors (Lipinski definition) is 1. The summed E-state index contributed by atoms with van der Waals surface area (Å²) in [6.07, 6.45) is 2.56. The summed E-state index contributed by atoms with van der Waals surface area (Å²) in [5, 5.41) is 7.72. The van der Waals surface area contributed by atoms with Crippen molar-refractivity contribution in [3.63, 3.8) is 0 Å². The molecule has 2 heteroatoms. The van der Waals surface area contributed by atoms with Crippen molar-refractivity contribution in [2.45, 2.75) is 27.2 Å². The van der Waals surface area contributed by atoms with Crippen LogP contribution >= 0.6 is 0 Å². The van der Waals surface area contributed by atoms with Gasteiger partial charge in [-0.1, -0.05) is 6.92 Å². The lowest BCUT2D eigenvalue weighted by Crippen LogP contribution is -2.04. The maximum atomic E-state index is 7.72. The largest absolute Gasteiger partial charge is 0.305 e. The van der Waals surface area contributed by atoms with Crippen molar-refractivity contribution < 1.29 is 0 Å². The van der Waals surface area contributed by atoms with Gasteiger partial charge in [-0.2, -0.15) is 0 Å². The summed E-state index contributed by atoms with van der Waals surface area (Å²) >= 11 is 0. The summed E-state index contributed by atoms with van der Waals surface area (Å²) in [4.78, 5) is 4.17. The average molecular weight is 162 g/mol. The van der Waals surface area contributed by atoms with Crippen LogP contribution in [0.1, 0.15) is 30.2 Å². The molecule has 1 aromatic rings.